The lowest BCUT2D eigenvalue weighted by Gasteiger charge is -2.23. The van der Waals surface area contributed by atoms with E-state index < -0.39 is 36.8 Å². The first-order valence-corrected chi connectivity index (χ1v) is 15.0. The summed E-state index contributed by atoms with van der Waals surface area (Å²) >= 11 is 0. The minimum Gasteiger partial charge on any atom is -0.480 e. The normalized spacial score (nSPS) is 10.6. The Kier molecular flexibility index (Phi) is 10.1. The number of aryl methyl sites for hydroxylation is 2. The summed E-state index contributed by atoms with van der Waals surface area (Å²) in [6.07, 6.45) is 0. The maximum atomic E-state index is 13.7. The lowest BCUT2D eigenvalue weighted by Crippen LogP contribution is -2.36. The van der Waals surface area contributed by atoms with Gasteiger partial charge >= 0.3 is 11.9 Å². The van der Waals surface area contributed by atoms with E-state index in [1.807, 2.05) is 38.1 Å². The fourth-order valence-corrected chi connectivity index (χ4v) is 6.44. The molecule has 0 saturated carbocycles. The van der Waals surface area contributed by atoms with Gasteiger partial charge in [-0.1, -0.05) is 81.2 Å². The molecule has 0 bridgehead atoms. The predicted molar refractivity (Wildman–Crippen MR) is 166 cm³/mol. The molecule has 214 valence electrons. The predicted octanol–water partition coefficient (Wildman–Crippen LogP) is 6.57. The van der Waals surface area contributed by atoms with Crippen molar-refractivity contribution in [1.29, 1.82) is 0 Å². The van der Waals surface area contributed by atoms with Crippen molar-refractivity contribution in [3.05, 3.63) is 119 Å². The van der Waals surface area contributed by atoms with E-state index in [9.17, 15) is 29.4 Å². The van der Waals surface area contributed by atoms with Crippen LogP contribution in [0.4, 0.5) is 11.4 Å². The van der Waals surface area contributed by atoms with Crippen LogP contribution in [0.2, 0.25) is 0 Å². The summed E-state index contributed by atoms with van der Waals surface area (Å²) in [5, 5.41) is 19.0. The molecule has 0 radical (unpaired) electrons. The molecular formula is C32H28N2O6S2. The molecule has 4 aromatic rings. The topological polar surface area (TPSA) is 115 Å². The zero-order valence-electron chi connectivity index (χ0n) is 22.9. The summed E-state index contributed by atoms with van der Waals surface area (Å²) < 4.78 is 0. The monoisotopic (exact) mass is 600 g/mol. The number of nitrogens with zero attached hydrogens (tertiary/aromatic N) is 2. The van der Waals surface area contributed by atoms with Crippen LogP contribution in [0.25, 0.3) is 0 Å². The third-order valence-corrected chi connectivity index (χ3v) is 8.71. The van der Waals surface area contributed by atoms with Crippen molar-refractivity contribution < 1.29 is 29.4 Å². The first kappa shape index (κ1) is 30.4. The van der Waals surface area contributed by atoms with Gasteiger partial charge in [0.15, 0.2) is 0 Å². The van der Waals surface area contributed by atoms with Crippen molar-refractivity contribution in [2.45, 2.75) is 23.6 Å². The summed E-state index contributed by atoms with van der Waals surface area (Å²) in [4.78, 5) is 54.2. The molecule has 0 aliphatic rings. The van der Waals surface area contributed by atoms with E-state index in [4.69, 9.17) is 0 Å². The molecular weight excluding hydrogens is 572 g/mol. The second kappa shape index (κ2) is 13.9. The summed E-state index contributed by atoms with van der Waals surface area (Å²) in [6.45, 7) is 2.79. The van der Waals surface area contributed by atoms with Crippen LogP contribution >= 0.6 is 21.6 Å². The van der Waals surface area contributed by atoms with E-state index in [2.05, 4.69) is 0 Å². The molecule has 0 fully saturated rings. The molecule has 0 aromatic heterocycles. The zero-order chi connectivity index (χ0) is 30.2. The van der Waals surface area contributed by atoms with Gasteiger partial charge in [0.25, 0.3) is 11.8 Å². The minimum atomic E-state index is -1.14. The van der Waals surface area contributed by atoms with Crippen molar-refractivity contribution >= 4 is 56.7 Å². The van der Waals surface area contributed by atoms with Gasteiger partial charge < -0.3 is 10.2 Å². The minimum absolute atomic E-state index is 0.313. The van der Waals surface area contributed by atoms with Crippen LogP contribution in [0, 0.1) is 13.8 Å². The number of hydrogen-bond acceptors (Lipinski definition) is 6. The molecule has 0 heterocycles. The van der Waals surface area contributed by atoms with E-state index >= 15 is 0 Å². The van der Waals surface area contributed by atoms with Gasteiger partial charge in [-0.3, -0.25) is 29.0 Å². The highest BCUT2D eigenvalue weighted by Gasteiger charge is 2.25. The summed E-state index contributed by atoms with van der Waals surface area (Å²) in [7, 11) is 2.50. The molecule has 0 aliphatic heterocycles. The van der Waals surface area contributed by atoms with E-state index in [1.54, 1.807) is 72.8 Å². The number of aliphatic carboxylic acids is 2. The number of hydrogen-bond donors (Lipinski definition) is 2. The zero-order valence-corrected chi connectivity index (χ0v) is 24.5. The first-order chi connectivity index (χ1) is 20.1. The molecule has 2 amide bonds. The van der Waals surface area contributed by atoms with Crippen molar-refractivity contribution in [2.75, 3.05) is 22.9 Å². The Morgan fingerprint density at radius 3 is 1.21 bits per heavy atom. The van der Waals surface area contributed by atoms with E-state index in [-0.39, 0.29) is 0 Å². The average molecular weight is 601 g/mol. The Bertz CT molecular complexity index is 1490. The van der Waals surface area contributed by atoms with E-state index in [0.717, 1.165) is 11.1 Å². The van der Waals surface area contributed by atoms with Gasteiger partial charge in [-0.25, -0.2) is 0 Å². The van der Waals surface area contributed by atoms with E-state index in [0.29, 0.717) is 32.3 Å². The third kappa shape index (κ3) is 7.59. The number of carbonyl (C=O) groups excluding carboxylic acids is 2. The van der Waals surface area contributed by atoms with Gasteiger partial charge in [-0.05, 0) is 62.4 Å². The molecule has 0 unspecified atom stereocenters. The SMILES string of the molecule is Cc1ccc(N(CC(=O)O)C(=O)c2ccccc2SSc2ccccc2C(=O)N(CC(=O)O)c2ccc(C)cc2)cc1. The van der Waals surface area contributed by atoms with Gasteiger partial charge in [-0.15, -0.1) is 0 Å². The van der Waals surface area contributed by atoms with Gasteiger partial charge in [0.05, 0.1) is 11.1 Å². The number of benzene rings is 4. The second-order valence-electron chi connectivity index (χ2n) is 9.40. The second-order valence-corrected chi connectivity index (χ2v) is 11.6. The van der Waals surface area contributed by atoms with Crippen LogP contribution in [0.3, 0.4) is 0 Å². The lowest BCUT2D eigenvalue weighted by atomic mass is 10.1. The summed E-state index contributed by atoms with van der Waals surface area (Å²) in [5.41, 5.74) is 3.51. The first-order valence-electron chi connectivity index (χ1n) is 12.9. The van der Waals surface area contributed by atoms with Crippen LogP contribution in [-0.2, 0) is 9.59 Å². The van der Waals surface area contributed by atoms with Gasteiger partial charge in [-0.2, -0.15) is 0 Å². The fourth-order valence-electron chi connectivity index (χ4n) is 4.09. The highest BCUT2D eigenvalue weighted by atomic mass is 33.1. The molecule has 0 saturated heterocycles. The molecule has 0 atom stereocenters. The Morgan fingerprint density at radius 2 is 0.881 bits per heavy atom. The summed E-state index contributed by atoms with van der Waals surface area (Å²) in [6, 6.07) is 27.8. The summed E-state index contributed by atoms with van der Waals surface area (Å²) in [5.74, 6) is -3.23. The number of rotatable bonds is 11. The largest absolute Gasteiger partial charge is 0.480 e. The fraction of sp³-hybridized carbons (Fsp3) is 0.125. The number of amides is 2. The van der Waals surface area contributed by atoms with Crippen LogP contribution < -0.4 is 9.80 Å². The highest BCUT2D eigenvalue weighted by molar-refractivity contribution is 8.76. The van der Waals surface area contributed by atoms with Crippen LogP contribution in [0.5, 0.6) is 0 Å². The van der Waals surface area contributed by atoms with Crippen LogP contribution in [-0.4, -0.2) is 47.1 Å². The lowest BCUT2D eigenvalue weighted by molar-refractivity contribution is -0.136. The maximum absolute atomic E-state index is 13.7. The van der Waals surface area contributed by atoms with Gasteiger partial charge in [0, 0.05) is 21.2 Å². The Labute approximate surface area is 251 Å². The molecule has 2 N–H and O–H groups in total. The third-order valence-electron chi connectivity index (χ3n) is 6.22. The molecule has 4 aromatic carbocycles. The maximum Gasteiger partial charge on any atom is 0.323 e. The van der Waals surface area contributed by atoms with Crippen molar-refractivity contribution in [1.82, 2.24) is 0 Å². The van der Waals surface area contributed by atoms with Crippen molar-refractivity contribution in [2.24, 2.45) is 0 Å². The van der Waals surface area contributed by atoms with Crippen molar-refractivity contribution in [3.8, 4) is 0 Å². The quantitative estimate of drug-likeness (QED) is 0.186. The molecule has 0 aliphatic carbocycles. The smallest absolute Gasteiger partial charge is 0.323 e. The standard InChI is InChI=1S/C32H28N2O6S2/c1-21-11-15-23(16-12-21)33(19-29(35)36)31(39)25-7-3-5-9-27(25)41-42-28-10-6-4-8-26(28)32(40)34(20-30(37)38)24-17-13-22(2)14-18-24/h3-18H,19-20H2,1-2H3,(H,35,36)(H,37,38). The molecule has 8 nitrogen and oxygen atoms in total. The van der Waals surface area contributed by atoms with Gasteiger partial charge in [0.2, 0.25) is 0 Å². The number of carboxylic acids is 2. The van der Waals surface area contributed by atoms with E-state index in [1.165, 1.54) is 31.4 Å². The molecule has 42 heavy (non-hydrogen) atoms. The van der Waals surface area contributed by atoms with Gasteiger partial charge in [0.1, 0.15) is 13.1 Å². The highest BCUT2D eigenvalue weighted by Crippen LogP contribution is 2.41. The van der Waals surface area contributed by atoms with Crippen molar-refractivity contribution in [3.63, 3.8) is 0 Å². The Morgan fingerprint density at radius 1 is 0.548 bits per heavy atom. The number of anilines is 2. The molecule has 4 rings (SSSR count). The molecule has 0 spiro atoms. The average Bonchev–Trinajstić information content (AvgIpc) is 2.98. The number of carboxylic acid groups (broad SMARTS) is 2. The van der Waals surface area contributed by atoms with Crippen LogP contribution in [0.1, 0.15) is 31.8 Å². The van der Waals surface area contributed by atoms with Crippen LogP contribution in [0.15, 0.2) is 107 Å². The molecule has 10 heteroatoms. The number of carbonyl (C=O) groups is 4. The Balaban J connectivity index is 1.62. The Hall–Kier alpha value is -4.54.